The van der Waals surface area contributed by atoms with E-state index < -0.39 is 0 Å². The molecular weight excluding hydrogens is 266 g/mol. The van der Waals surface area contributed by atoms with E-state index in [4.69, 9.17) is 4.74 Å². The lowest BCUT2D eigenvalue weighted by molar-refractivity contribution is 0.414. The van der Waals surface area contributed by atoms with Crippen molar-refractivity contribution in [2.75, 3.05) is 13.7 Å². The van der Waals surface area contributed by atoms with Gasteiger partial charge in [-0.3, -0.25) is 5.10 Å². The third-order valence-electron chi connectivity index (χ3n) is 2.90. The van der Waals surface area contributed by atoms with Crippen molar-refractivity contribution < 1.29 is 4.74 Å². The first-order valence-corrected chi connectivity index (χ1v) is 6.95. The Morgan fingerprint density at radius 3 is 2.95 bits per heavy atom. The number of hydrogen-bond acceptors (Lipinski definition) is 3. The molecule has 0 unspecified atom stereocenters. The Hall–Kier alpha value is -2.50. The Kier molecular flexibility index (Phi) is 5.63. The summed E-state index contributed by atoms with van der Waals surface area (Å²) < 4.78 is 5.21. The molecule has 1 aromatic carbocycles. The maximum Gasteiger partial charge on any atom is 0.191 e. The van der Waals surface area contributed by atoms with Gasteiger partial charge in [0.05, 0.1) is 25.9 Å². The van der Waals surface area contributed by atoms with Crippen LogP contribution < -0.4 is 15.4 Å². The van der Waals surface area contributed by atoms with Gasteiger partial charge >= 0.3 is 0 Å². The summed E-state index contributed by atoms with van der Waals surface area (Å²) in [6.45, 7) is 4.10. The number of H-pyrrole nitrogens is 1. The molecule has 112 valence electrons. The monoisotopic (exact) mass is 287 g/mol. The van der Waals surface area contributed by atoms with E-state index in [1.165, 1.54) is 0 Å². The van der Waals surface area contributed by atoms with E-state index in [0.29, 0.717) is 13.1 Å². The molecule has 6 nitrogen and oxygen atoms in total. The molecule has 0 fully saturated rings. The first kappa shape index (κ1) is 14.9. The first-order chi connectivity index (χ1) is 10.3. The van der Waals surface area contributed by atoms with Crippen LogP contribution in [-0.4, -0.2) is 29.8 Å². The molecule has 21 heavy (non-hydrogen) atoms. The number of nitrogens with one attached hydrogen (secondary N) is 3. The number of aromatic amines is 1. The molecule has 1 heterocycles. The van der Waals surface area contributed by atoms with E-state index in [1.54, 1.807) is 13.3 Å². The fourth-order valence-electron chi connectivity index (χ4n) is 1.84. The van der Waals surface area contributed by atoms with Crippen LogP contribution in [0.15, 0.2) is 41.5 Å². The Labute approximate surface area is 124 Å². The molecule has 0 amide bonds. The Morgan fingerprint density at radius 1 is 1.33 bits per heavy atom. The molecule has 0 radical (unpaired) electrons. The second-order valence-electron chi connectivity index (χ2n) is 4.48. The van der Waals surface area contributed by atoms with Crippen molar-refractivity contribution in [3.63, 3.8) is 0 Å². The number of benzene rings is 1. The van der Waals surface area contributed by atoms with Crippen molar-refractivity contribution in [2.45, 2.75) is 20.0 Å². The molecule has 0 aliphatic heterocycles. The van der Waals surface area contributed by atoms with Crippen molar-refractivity contribution in [1.82, 2.24) is 20.8 Å². The van der Waals surface area contributed by atoms with Gasteiger partial charge in [-0.05, 0) is 30.7 Å². The number of hydrogen-bond donors (Lipinski definition) is 3. The van der Waals surface area contributed by atoms with Gasteiger partial charge in [0.25, 0.3) is 0 Å². The van der Waals surface area contributed by atoms with Crippen molar-refractivity contribution in [1.29, 1.82) is 0 Å². The molecule has 0 aliphatic rings. The second kappa shape index (κ2) is 7.94. The van der Waals surface area contributed by atoms with Crippen LogP contribution in [0.25, 0.3) is 0 Å². The average Bonchev–Trinajstić information content (AvgIpc) is 3.03. The minimum absolute atomic E-state index is 0.593. The molecule has 1 aromatic heterocycles. The van der Waals surface area contributed by atoms with Crippen LogP contribution in [-0.2, 0) is 13.1 Å². The minimum Gasteiger partial charge on any atom is -0.497 e. The lowest BCUT2D eigenvalue weighted by Crippen LogP contribution is -2.36. The van der Waals surface area contributed by atoms with Crippen LogP contribution in [0, 0.1) is 0 Å². The number of rotatable bonds is 6. The van der Waals surface area contributed by atoms with Gasteiger partial charge < -0.3 is 15.4 Å². The molecule has 6 heteroatoms. The van der Waals surface area contributed by atoms with Gasteiger partial charge in [0.2, 0.25) is 0 Å². The summed E-state index contributed by atoms with van der Waals surface area (Å²) in [5.74, 6) is 1.62. The summed E-state index contributed by atoms with van der Waals surface area (Å²) >= 11 is 0. The van der Waals surface area contributed by atoms with E-state index in [0.717, 1.165) is 29.5 Å². The topological polar surface area (TPSA) is 74.3 Å². The van der Waals surface area contributed by atoms with E-state index in [9.17, 15) is 0 Å². The highest BCUT2D eigenvalue weighted by Gasteiger charge is 2.00. The van der Waals surface area contributed by atoms with Crippen LogP contribution in [0.1, 0.15) is 18.2 Å². The second-order valence-corrected chi connectivity index (χ2v) is 4.48. The molecular formula is C15H21N5O. The van der Waals surface area contributed by atoms with E-state index in [1.807, 2.05) is 37.3 Å². The van der Waals surface area contributed by atoms with Gasteiger partial charge in [-0.1, -0.05) is 12.1 Å². The van der Waals surface area contributed by atoms with Gasteiger partial charge in [-0.25, -0.2) is 4.99 Å². The normalized spacial score (nSPS) is 11.2. The van der Waals surface area contributed by atoms with E-state index >= 15 is 0 Å². The van der Waals surface area contributed by atoms with Gasteiger partial charge in [-0.2, -0.15) is 5.10 Å². The van der Waals surface area contributed by atoms with Crippen LogP contribution in [0.2, 0.25) is 0 Å². The zero-order chi connectivity index (χ0) is 14.9. The zero-order valence-electron chi connectivity index (χ0n) is 12.4. The van der Waals surface area contributed by atoms with Gasteiger partial charge in [0.15, 0.2) is 5.96 Å². The summed E-state index contributed by atoms with van der Waals surface area (Å²) in [5.41, 5.74) is 2.12. The molecule has 3 N–H and O–H groups in total. The van der Waals surface area contributed by atoms with Crippen molar-refractivity contribution >= 4 is 5.96 Å². The SMILES string of the molecule is CCNC(=NCc1cccc(OC)c1)NCc1ccn[nH]1. The lowest BCUT2D eigenvalue weighted by atomic mass is 10.2. The highest BCUT2D eigenvalue weighted by Crippen LogP contribution is 2.13. The summed E-state index contributed by atoms with van der Waals surface area (Å²) in [5, 5.41) is 13.3. The summed E-state index contributed by atoms with van der Waals surface area (Å²) in [7, 11) is 1.67. The molecule has 0 aliphatic carbocycles. The molecule has 0 atom stereocenters. The van der Waals surface area contributed by atoms with Crippen LogP contribution >= 0.6 is 0 Å². The predicted octanol–water partition coefficient (Wildman–Crippen LogP) is 1.67. The highest BCUT2D eigenvalue weighted by molar-refractivity contribution is 5.79. The quantitative estimate of drug-likeness (QED) is 0.558. The van der Waals surface area contributed by atoms with Crippen molar-refractivity contribution in [3.05, 3.63) is 47.8 Å². The molecule has 2 aromatic rings. The van der Waals surface area contributed by atoms with Crippen LogP contribution in [0.4, 0.5) is 0 Å². The van der Waals surface area contributed by atoms with E-state index in [-0.39, 0.29) is 0 Å². The largest absolute Gasteiger partial charge is 0.497 e. The fourth-order valence-corrected chi connectivity index (χ4v) is 1.84. The molecule has 2 rings (SSSR count). The van der Waals surface area contributed by atoms with Crippen LogP contribution in [0.5, 0.6) is 5.75 Å². The summed E-state index contributed by atoms with van der Waals surface area (Å²) in [6, 6.07) is 9.84. The maximum absolute atomic E-state index is 5.21. The zero-order valence-corrected chi connectivity index (χ0v) is 12.4. The highest BCUT2D eigenvalue weighted by atomic mass is 16.5. The predicted molar refractivity (Wildman–Crippen MR) is 83.2 cm³/mol. The Morgan fingerprint density at radius 2 is 2.24 bits per heavy atom. The maximum atomic E-state index is 5.21. The Bertz CT molecular complexity index is 565. The van der Waals surface area contributed by atoms with Gasteiger partial charge in [0.1, 0.15) is 5.75 Å². The van der Waals surface area contributed by atoms with Crippen molar-refractivity contribution in [3.8, 4) is 5.75 Å². The number of guanidine groups is 1. The minimum atomic E-state index is 0.593. The number of aliphatic imine (C=N–C) groups is 1. The number of methoxy groups -OCH3 is 1. The summed E-state index contributed by atoms with van der Waals surface area (Å²) in [6.07, 6.45) is 1.73. The van der Waals surface area contributed by atoms with Gasteiger partial charge in [-0.15, -0.1) is 0 Å². The molecule has 0 bridgehead atoms. The molecule has 0 saturated heterocycles. The van der Waals surface area contributed by atoms with Gasteiger partial charge in [0, 0.05) is 12.7 Å². The fraction of sp³-hybridized carbons (Fsp3) is 0.333. The smallest absolute Gasteiger partial charge is 0.191 e. The molecule has 0 spiro atoms. The number of aromatic nitrogens is 2. The average molecular weight is 287 g/mol. The number of nitrogens with zero attached hydrogens (tertiary/aromatic N) is 2. The van der Waals surface area contributed by atoms with Crippen LogP contribution in [0.3, 0.4) is 0 Å². The Balaban J connectivity index is 1.95. The van der Waals surface area contributed by atoms with Crippen molar-refractivity contribution in [2.24, 2.45) is 4.99 Å². The first-order valence-electron chi connectivity index (χ1n) is 6.95. The standard InChI is InChI=1S/C15H21N5O/c1-3-16-15(18-11-13-7-8-19-20-13)17-10-12-5-4-6-14(9-12)21-2/h4-9H,3,10-11H2,1-2H3,(H,19,20)(H2,16,17,18). The third kappa shape index (κ3) is 4.83. The third-order valence-corrected chi connectivity index (χ3v) is 2.90. The summed E-state index contributed by atoms with van der Waals surface area (Å²) in [4.78, 5) is 4.56. The number of ether oxygens (including phenoxy) is 1. The van der Waals surface area contributed by atoms with E-state index in [2.05, 4.69) is 25.8 Å². The molecule has 0 saturated carbocycles. The lowest BCUT2D eigenvalue weighted by Gasteiger charge is -2.10.